The summed E-state index contributed by atoms with van der Waals surface area (Å²) in [5, 5.41) is 7.00. The lowest BCUT2D eigenvalue weighted by Gasteiger charge is -2.15. The van der Waals surface area contributed by atoms with Crippen LogP contribution in [0.2, 0.25) is 0 Å². The van der Waals surface area contributed by atoms with Crippen molar-refractivity contribution in [2.45, 2.75) is 26.3 Å². The number of aliphatic hydroxyl groups excluding tert-OH is 1. The number of aldehydes is 1. The van der Waals surface area contributed by atoms with Crippen LogP contribution in [0, 0.1) is 25.5 Å². The van der Waals surface area contributed by atoms with Crippen molar-refractivity contribution < 1.29 is 18.7 Å². The van der Waals surface area contributed by atoms with Gasteiger partial charge in [0.1, 0.15) is 6.29 Å². The molecule has 0 aromatic heterocycles. The highest BCUT2D eigenvalue weighted by atomic mass is 19.2. The van der Waals surface area contributed by atoms with Gasteiger partial charge in [-0.25, -0.2) is 8.78 Å². The Labute approximate surface area is 134 Å². The van der Waals surface area contributed by atoms with Crippen LogP contribution in [0.25, 0.3) is 11.1 Å². The molecule has 0 fully saturated rings. The average molecular weight is 321 g/mol. The van der Waals surface area contributed by atoms with Crippen LogP contribution in [0.3, 0.4) is 0 Å². The van der Waals surface area contributed by atoms with Crippen LogP contribution in [0.1, 0.15) is 29.2 Å². The lowest BCUT2D eigenvalue weighted by atomic mass is 9.92. The highest BCUT2D eigenvalue weighted by Gasteiger charge is 2.18. The second kappa shape index (κ2) is 8.50. The summed E-state index contributed by atoms with van der Waals surface area (Å²) in [4.78, 5) is 10.6. The molecule has 0 saturated carbocycles. The fourth-order valence-electron chi connectivity index (χ4n) is 2.52. The van der Waals surface area contributed by atoms with Gasteiger partial charge in [-0.1, -0.05) is 18.2 Å². The third-order valence-electron chi connectivity index (χ3n) is 3.58. The Kier molecular flexibility index (Phi) is 7.00. The zero-order chi connectivity index (χ0) is 17.6. The molecular formula is C18H21F2NO2. The minimum atomic E-state index is -0.987. The molecule has 0 aliphatic heterocycles. The van der Waals surface area contributed by atoms with Crippen LogP contribution >= 0.6 is 0 Å². The van der Waals surface area contributed by atoms with Gasteiger partial charge in [-0.15, -0.1) is 0 Å². The minimum Gasteiger partial charge on any atom is -0.400 e. The molecule has 3 nitrogen and oxygen atoms in total. The first-order valence-corrected chi connectivity index (χ1v) is 7.15. The number of hydrogen-bond donors (Lipinski definition) is 2. The Bertz CT molecular complexity index is 667. The maximum Gasteiger partial charge on any atom is 0.163 e. The molecule has 0 bridgehead atoms. The highest BCUT2D eigenvalue weighted by molar-refractivity contribution is 5.71. The summed E-state index contributed by atoms with van der Waals surface area (Å²) < 4.78 is 27.8. The van der Waals surface area contributed by atoms with E-state index in [4.69, 9.17) is 10.8 Å². The molecule has 0 saturated heterocycles. The smallest absolute Gasteiger partial charge is 0.163 e. The Morgan fingerprint density at radius 3 is 2.26 bits per heavy atom. The number of nitrogens with two attached hydrogens (primary N) is 1. The standard InChI is InChI=1S/C17H17F2NO.CH4O/c1-10-4-3-5-11(2)16(10)12-8-13(15(20)6-7-21)17(19)14(18)9-12;1-2/h3-5,7-9,15H,6,20H2,1-2H3;2H,1H3. The van der Waals surface area contributed by atoms with E-state index in [9.17, 15) is 13.6 Å². The van der Waals surface area contributed by atoms with E-state index in [1.807, 2.05) is 32.0 Å². The molecular weight excluding hydrogens is 300 g/mol. The average Bonchev–Trinajstić information content (AvgIpc) is 2.52. The van der Waals surface area contributed by atoms with Crippen molar-refractivity contribution >= 4 is 6.29 Å². The first-order valence-electron chi connectivity index (χ1n) is 7.15. The molecule has 23 heavy (non-hydrogen) atoms. The number of benzene rings is 2. The predicted octanol–water partition coefficient (Wildman–Crippen LogP) is 3.45. The first-order chi connectivity index (χ1) is 11.0. The summed E-state index contributed by atoms with van der Waals surface area (Å²) in [7, 11) is 1.00. The van der Waals surface area contributed by atoms with Gasteiger partial charge < -0.3 is 15.6 Å². The van der Waals surface area contributed by atoms with Gasteiger partial charge in [0.15, 0.2) is 11.6 Å². The SMILES string of the molecule is CO.Cc1cccc(C)c1-c1cc(F)c(F)c(C(N)CC=O)c1. The summed E-state index contributed by atoms with van der Waals surface area (Å²) in [6.45, 7) is 3.82. The molecule has 3 N–H and O–H groups in total. The molecule has 1 unspecified atom stereocenters. The number of aryl methyl sites for hydroxylation is 2. The monoisotopic (exact) mass is 321 g/mol. The van der Waals surface area contributed by atoms with E-state index in [0.717, 1.165) is 23.8 Å². The summed E-state index contributed by atoms with van der Waals surface area (Å²) in [6.07, 6.45) is 0.556. The Hall–Kier alpha value is -2.11. The first kappa shape index (κ1) is 18.9. The van der Waals surface area contributed by atoms with E-state index >= 15 is 0 Å². The zero-order valence-corrected chi connectivity index (χ0v) is 13.4. The number of rotatable bonds is 4. The number of carbonyl (C=O) groups excluding carboxylic acids is 1. The fourth-order valence-corrected chi connectivity index (χ4v) is 2.52. The predicted molar refractivity (Wildman–Crippen MR) is 87.0 cm³/mol. The topological polar surface area (TPSA) is 63.3 Å². The van der Waals surface area contributed by atoms with Crippen molar-refractivity contribution in [1.29, 1.82) is 0 Å². The van der Waals surface area contributed by atoms with Crippen LogP contribution in [0.4, 0.5) is 8.78 Å². The Morgan fingerprint density at radius 2 is 1.74 bits per heavy atom. The molecule has 0 aliphatic rings. The van der Waals surface area contributed by atoms with E-state index in [1.165, 1.54) is 12.1 Å². The van der Waals surface area contributed by atoms with Crippen LogP contribution in [-0.4, -0.2) is 18.5 Å². The van der Waals surface area contributed by atoms with Gasteiger partial charge in [0, 0.05) is 25.1 Å². The lowest BCUT2D eigenvalue weighted by molar-refractivity contribution is -0.108. The fraction of sp³-hybridized carbons (Fsp3) is 0.278. The van der Waals surface area contributed by atoms with E-state index in [1.54, 1.807) is 0 Å². The molecule has 0 radical (unpaired) electrons. The highest BCUT2D eigenvalue weighted by Crippen LogP contribution is 2.31. The summed E-state index contributed by atoms with van der Waals surface area (Å²) in [5.41, 5.74) is 9.15. The number of carbonyl (C=O) groups is 1. The van der Waals surface area contributed by atoms with Gasteiger partial charge in [0.25, 0.3) is 0 Å². The second-order valence-electron chi connectivity index (χ2n) is 5.14. The largest absolute Gasteiger partial charge is 0.400 e. The number of halogens is 2. The van der Waals surface area contributed by atoms with E-state index in [-0.39, 0.29) is 12.0 Å². The van der Waals surface area contributed by atoms with E-state index < -0.39 is 17.7 Å². The van der Waals surface area contributed by atoms with Crippen molar-refractivity contribution in [3.8, 4) is 11.1 Å². The van der Waals surface area contributed by atoms with Gasteiger partial charge in [-0.05, 0) is 48.2 Å². The summed E-state index contributed by atoms with van der Waals surface area (Å²) in [6, 6.07) is 7.58. The van der Waals surface area contributed by atoms with Crippen LogP contribution in [0.5, 0.6) is 0 Å². The van der Waals surface area contributed by atoms with Crippen molar-refractivity contribution in [3.05, 3.63) is 58.7 Å². The number of aliphatic hydroxyl groups is 1. The van der Waals surface area contributed by atoms with Crippen LogP contribution < -0.4 is 5.73 Å². The molecule has 5 heteroatoms. The van der Waals surface area contributed by atoms with Crippen molar-refractivity contribution in [2.75, 3.05) is 7.11 Å². The van der Waals surface area contributed by atoms with Gasteiger partial charge in [-0.2, -0.15) is 0 Å². The quantitative estimate of drug-likeness (QED) is 0.848. The maximum atomic E-state index is 13.9. The molecule has 124 valence electrons. The molecule has 1 atom stereocenters. The normalized spacial score (nSPS) is 11.4. The molecule has 2 aromatic rings. The molecule has 0 amide bonds. The van der Waals surface area contributed by atoms with Crippen LogP contribution in [-0.2, 0) is 4.79 Å². The van der Waals surface area contributed by atoms with Crippen LogP contribution in [0.15, 0.2) is 30.3 Å². The third-order valence-corrected chi connectivity index (χ3v) is 3.58. The number of hydrogen-bond acceptors (Lipinski definition) is 3. The molecule has 0 aliphatic carbocycles. The van der Waals surface area contributed by atoms with Crippen molar-refractivity contribution in [1.82, 2.24) is 0 Å². The molecule has 0 spiro atoms. The van der Waals surface area contributed by atoms with Crippen molar-refractivity contribution in [3.63, 3.8) is 0 Å². The second-order valence-corrected chi connectivity index (χ2v) is 5.14. The molecule has 2 rings (SSSR count). The zero-order valence-electron chi connectivity index (χ0n) is 13.4. The van der Waals surface area contributed by atoms with Gasteiger partial charge in [0.2, 0.25) is 0 Å². The Balaban J connectivity index is 0.00000127. The van der Waals surface area contributed by atoms with Gasteiger partial charge in [-0.3, -0.25) is 0 Å². The van der Waals surface area contributed by atoms with E-state index in [0.29, 0.717) is 11.8 Å². The minimum absolute atomic E-state index is 0.0275. The lowest BCUT2D eigenvalue weighted by Crippen LogP contribution is -2.14. The summed E-state index contributed by atoms with van der Waals surface area (Å²) in [5.74, 6) is -1.94. The third kappa shape index (κ3) is 4.21. The van der Waals surface area contributed by atoms with Crippen molar-refractivity contribution in [2.24, 2.45) is 5.73 Å². The summed E-state index contributed by atoms with van der Waals surface area (Å²) >= 11 is 0. The maximum absolute atomic E-state index is 13.9. The molecule has 0 heterocycles. The Morgan fingerprint density at radius 1 is 1.17 bits per heavy atom. The van der Waals surface area contributed by atoms with Gasteiger partial charge >= 0.3 is 0 Å². The molecule has 2 aromatic carbocycles. The van der Waals surface area contributed by atoms with E-state index in [2.05, 4.69) is 0 Å². The van der Waals surface area contributed by atoms with Gasteiger partial charge in [0.05, 0.1) is 0 Å².